The fraction of sp³-hybridized carbons (Fsp3) is 0.600. The van der Waals surface area contributed by atoms with Crippen molar-refractivity contribution >= 4 is 28.9 Å². The number of carboxylic acid groups (broad SMARTS) is 1. The van der Waals surface area contributed by atoms with Crippen LogP contribution in [-0.2, 0) is 24.8 Å². The van der Waals surface area contributed by atoms with E-state index in [9.17, 15) is 23.2 Å². The zero-order valence-corrected chi connectivity index (χ0v) is 29.5. The Morgan fingerprint density at radius 3 is 2.33 bits per heavy atom. The molecule has 1 aromatic carbocycles. The molecule has 1 unspecified atom stereocenters. The Bertz CT molecular complexity index is 1710. The van der Waals surface area contributed by atoms with Crippen LogP contribution in [0.15, 0.2) is 24.5 Å². The summed E-state index contributed by atoms with van der Waals surface area (Å²) in [6.45, 7) is 11.2. The van der Waals surface area contributed by atoms with Crippen LogP contribution in [0.3, 0.4) is 0 Å². The van der Waals surface area contributed by atoms with Crippen LogP contribution in [0, 0.1) is 17.2 Å². The number of hydrogen-bond donors (Lipinski definition) is 2. The first-order chi connectivity index (χ1) is 24.4. The lowest BCUT2D eigenvalue weighted by Crippen LogP contribution is -2.49. The Morgan fingerprint density at radius 1 is 1.02 bits per heavy atom. The van der Waals surface area contributed by atoms with E-state index >= 15 is 0 Å². The molecule has 2 N–H and O–H groups in total. The lowest BCUT2D eigenvalue weighted by atomic mass is 9.97. The maximum absolute atomic E-state index is 14.1. The highest BCUT2D eigenvalue weighted by molar-refractivity contribution is 5.96. The molecule has 1 saturated carbocycles. The Kier molecular flexibility index (Phi) is 12.5. The predicted octanol–water partition coefficient (Wildman–Crippen LogP) is 4.30. The van der Waals surface area contributed by atoms with Crippen LogP contribution in [0.4, 0.5) is 19.0 Å². The summed E-state index contributed by atoms with van der Waals surface area (Å²) in [5.74, 6) is -1.61. The Labute approximate surface area is 296 Å². The highest BCUT2D eigenvalue weighted by Gasteiger charge is 2.38. The number of aromatic nitrogens is 4. The monoisotopic (exact) mass is 712 g/mol. The number of hydrazine groups is 1. The van der Waals surface area contributed by atoms with E-state index in [1.54, 1.807) is 15.9 Å². The topological polar surface area (TPSA) is 147 Å². The zero-order valence-electron chi connectivity index (χ0n) is 29.5. The number of aryl methyl sites for hydroxylation is 2. The van der Waals surface area contributed by atoms with Crippen molar-refractivity contribution in [3.63, 3.8) is 0 Å². The number of anilines is 1. The summed E-state index contributed by atoms with van der Waals surface area (Å²) in [5, 5.41) is 18.4. The first kappa shape index (κ1) is 37.9. The molecule has 2 aromatic heterocycles. The summed E-state index contributed by atoms with van der Waals surface area (Å²) >= 11 is 0. The molecule has 0 spiro atoms. The number of nitrogens with zero attached hydrogens (tertiary/aromatic N) is 9. The Balaban J connectivity index is 0.000000654. The number of carboxylic acids is 1. The number of rotatable bonds is 9. The van der Waals surface area contributed by atoms with E-state index < -0.39 is 12.1 Å². The largest absolute Gasteiger partial charge is 0.490 e. The molecule has 1 aliphatic carbocycles. The van der Waals surface area contributed by atoms with E-state index in [2.05, 4.69) is 61.2 Å². The molecular weight excluding hydrogens is 665 g/mol. The molecule has 1 amide bonds. The SMILES string of the molecule is CCc1cc(C(=O)N(Nc2nc(C#N)nc3c2ncn3C)C2CCCC2)ccc1CN1CCN(CC2CCCN(C)C2)CC1.O=C(O)C(F)(F)F. The van der Waals surface area contributed by atoms with Gasteiger partial charge in [0.25, 0.3) is 5.91 Å². The quantitative estimate of drug-likeness (QED) is 0.306. The molecule has 3 fully saturated rings. The summed E-state index contributed by atoms with van der Waals surface area (Å²) in [5.41, 5.74) is 7.57. The molecule has 13 nitrogen and oxygen atoms in total. The molecule has 0 bridgehead atoms. The van der Waals surface area contributed by atoms with Gasteiger partial charge in [-0.25, -0.2) is 14.8 Å². The number of imidazole rings is 1. The third-order valence-corrected chi connectivity index (χ3v) is 9.97. The number of likely N-dealkylation sites (tertiary alicyclic amines) is 1. The van der Waals surface area contributed by atoms with Crippen molar-refractivity contribution in [1.82, 2.24) is 39.2 Å². The van der Waals surface area contributed by atoms with Crippen molar-refractivity contribution in [2.75, 3.05) is 58.3 Å². The van der Waals surface area contributed by atoms with Gasteiger partial charge in [0.2, 0.25) is 5.82 Å². The molecule has 1 atom stereocenters. The number of benzene rings is 1. The number of piperidine rings is 1. The van der Waals surface area contributed by atoms with Crippen LogP contribution >= 0.6 is 0 Å². The third kappa shape index (κ3) is 9.72. The highest BCUT2D eigenvalue weighted by atomic mass is 19.4. The van der Waals surface area contributed by atoms with Gasteiger partial charge in [0.05, 0.1) is 12.4 Å². The van der Waals surface area contributed by atoms with Crippen molar-refractivity contribution in [3.8, 4) is 6.07 Å². The van der Waals surface area contributed by atoms with Gasteiger partial charge in [-0.1, -0.05) is 25.8 Å². The predicted molar refractivity (Wildman–Crippen MR) is 185 cm³/mol. The van der Waals surface area contributed by atoms with Crippen LogP contribution < -0.4 is 5.43 Å². The fourth-order valence-corrected chi connectivity index (χ4v) is 7.26. The number of alkyl halides is 3. The number of carbonyl (C=O) groups excluding carboxylic acids is 1. The third-order valence-electron chi connectivity index (χ3n) is 9.97. The number of amides is 1. The second-order valence-corrected chi connectivity index (χ2v) is 13.7. The van der Waals surface area contributed by atoms with E-state index in [0.717, 1.165) is 70.7 Å². The molecule has 6 rings (SSSR count). The number of nitrogens with one attached hydrogen (secondary N) is 1. The molecule has 276 valence electrons. The van der Waals surface area contributed by atoms with Crippen molar-refractivity contribution < 1.29 is 27.9 Å². The summed E-state index contributed by atoms with van der Waals surface area (Å²) in [6, 6.07) is 8.29. The zero-order chi connectivity index (χ0) is 36.7. The normalized spacial score (nSPS) is 19.4. The molecule has 51 heavy (non-hydrogen) atoms. The van der Waals surface area contributed by atoms with Gasteiger partial charge < -0.3 is 19.5 Å². The highest BCUT2D eigenvalue weighted by Crippen LogP contribution is 2.28. The number of piperazine rings is 1. The lowest BCUT2D eigenvalue weighted by molar-refractivity contribution is -0.192. The maximum Gasteiger partial charge on any atom is 0.490 e. The molecule has 3 aromatic rings. The fourth-order valence-electron chi connectivity index (χ4n) is 7.26. The smallest absolute Gasteiger partial charge is 0.475 e. The van der Waals surface area contributed by atoms with E-state index in [1.165, 1.54) is 43.6 Å². The number of nitriles is 1. The van der Waals surface area contributed by atoms with E-state index in [-0.39, 0.29) is 17.8 Å². The average molecular weight is 713 g/mol. The molecule has 4 heterocycles. The second kappa shape index (κ2) is 16.8. The summed E-state index contributed by atoms with van der Waals surface area (Å²) in [4.78, 5) is 43.9. The summed E-state index contributed by atoms with van der Waals surface area (Å²) in [7, 11) is 4.08. The van der Waals surface area contributed by atoms with Gasteiger partial charge >= 0.3 is 12.1 Å². The first-order valence-electron chi connectivity index (χ1n) is 17.6. The van der Waals surface area contributed by atoms with Gasteiger partial charge in [-0.15, -0.1) is 0 Å². The van der Waals surface area contributed by atoms with Gasteiger partial charge in [0, 0.05) is 58.4 Å². The van der Waals surface area contributed by atoms with Gasteiger partial charge in [0.15, 0.2) is 17.0 Å². The number of halogens is 3. The molecule has 0 radical (unpaired) electrons. The maximum atomic E-state index is 14.1. The van der Waals surface area contributed by atoms with Gasteiger partial charge in [0.1, 0.15) is 6.07 Å². The van der Waals surface area contributed by atoms with Crippen molar-refractivity contribution in [3.05, 3.63) is 47.0 Å². The molecular formula is C35H47F3N10O3. The standard InChI is InChI=1S/C33H46N10O.C2HF3O2/c1-4-25-18-26(11-12-27(25)22-42-16-14-41(15-17-42)21-24-8-7-13-39(2)20-24)33(44)43(28-9-5-6-10-28)38-31-30-32(40(3)23-35-30)37-29(19-34)36-31;3-2(4,5)1(6)7/h11-12,18,23-24,28H,4-10,13-17,20-22H2,1-3H3,(H,36,37,38);(H,6,7). The van der Waals surface area contributed by atoms with E-state index in [0.29, 0.717) is 22.5 Å². The summed E-state index contributed by atoms with van der Waals surface area (Å²) < 4.78 is 33.5. The molecule has 16 heteroatoms. The molecule has 2 saturated heterocycles. The minimum Gasteiger partial charge on any atom is -0.475 e. The molecule has 3 aliphatic rings. The van der Waals surface area contributed by atoms with Crippen LogP contribution in [0.1, 0.15) is 72.8 Å². The lowest BCUT2D eigenvalue weighted by Gasteiger charge is -2.38. The minimum atomic E-state index is -5.08. The van der Waals surface area contributed by atoms with Crippen molar-refractivity contribution in [2.24, 2.45) is 13.0 Å². The minimum absolute atomic E-state index is 0.0387. The van der Waals surface area contributed by atoms with Crippen molar-refractivity contribution in [2.45, 2.75) is 70.6 Å². The van der Waals surface area contributed by atoms with Gasteiger partial charge in [-0.2, -0.15) is 28.4 Å². The number of aliphatic carboxylic acids is 1. The van der Waals surface area contributed by atoms with E-state index in [4.69, 9.17) is 9.90 Å². The van der Waals surface area contributed by atoms with Gasteiger partial charge in [-0.05, 0) is 74.9 Å². The first-order valence-corrected chi connectivity index (χ1v) is 17.6. The van der Waals surface area contributed by atoms with Crippen LogP contribution in [0.2, 0.25) is 0 Å². The average Bonchev–Trinajstić information content (AvgIpc) is 3.78. The van der Waals surface area contributed by atoms with E-state index in [1.807, 2.05) is 19.2 Å². The number of carbonyl (C=O) groups is 2. The van der Waals surface area contributed by atoms with Crippen LogP contribution in [0.5, 0.6) is 0 Å². The Morgan fingerprint density at radius 2 is 1.71 bits per heavy atom. The second-order valence-electron chi connectivity index (χ2n) is 13.7. The van der Waals surface area contributed by atoms with Gasteiger partial charge in [-0.3, -0.25) is 15.1 Å². The molecule has 2 aliphatic heterocycles. The number of fused-ring (bicyclic) bond motifs is 1. The van der Waals surface area contributed by atoms with Crippen LogP contribution in [0.25, 0.3) is 11.2 Å². The Hall–Kier alpha value is -4.33. The summed E-state index contributed by atoms with van der Waals surface area (Å²) in [6.07, 6.45) is 4.11. The van der Waals surface area contributed by atoms with Crippen LogP contribution in [-0.4, -0.2) is 121 Å². The van der Waals surface area contributed by atoms with Crippen molar-refractivity contribution in [1.29, 1.82) is 5.26 Å². The number of hydrogen-bond acceptors (Lipinski definition) is 10.